The Morgan fingerprint density at radius 1 is 1.06 bits per heavy atom. The Morgan fingerprint density at radius 3 is 2.44 bits per heavy atom. The molecule has 11 heteroatoms. The van der Waals surface area contributed by atoms with E-state index in [2.05, 4.69) is 15.9 Å². The van der Waals surface area contributed by atoms with Crippen molar-refractivity contribution < 1.29 is 26.9 Å². The Labute approximate surface area is 235 Å². The minimum Gasteiger partial charge on any atom is -0.490 e. The number of benzene rings is 3. The van der Waals surface area contributed by atoms with Gasteiger partial charge in [-0.15, -0.1) is 0 Å². The maximum Gasteiger partial charge on any atom is 0.339 e. The first-order valence-corrected chi connectivity index (χ1v) is 14.7. The molecule has 36 heavy (non-hydrogen) atoms. The van der Waals surface area contributed by atoms with Gasteiger partial charge in [0.05, 0.1) is 21.6 Å². The molecule has 4 rings (SSSR count). The van der Waals surface area contributed by atoms with Crippen molar-refractivity contribution in [3.05, 3.63) is 90.8 Å². The van der Waals surface area contributed by atoms with Crippen molar-refractivity contribution in [1.82, 2.24) is 4.90 Å². The second-order valence-electron chi connectivity index (χ2n) is 7.47. The highest BCUT2D eigenvalue weighted by atomic mass is 127. The van der Waals surface area contributed by atoms with Crippen LogP contribution in [0.5, 0.6) is 11.5 Å². The largest absolute Gasteiger partial charge is 0.490 e. The van der Waals surface area contributed by atoms with Gasteiger partial charge in [0.25, 0.3) is 11.1 Å². The summed E-state index contributed by atoms with van der Waals surface area (Å²) in [5.74, 6) is -0.135. The van der Waals surface area contributed by atoms with E-state index < -0.39 is 16.0 Å². The van der Waals surface area contributed by atoms with Crippen LogP contribution in [0.2, 0.25) is 0 Å². The van der Waals surface area contributed by atoms with Gasteiger partial charge in [0, 0.05) is 4.47 Å². The normalized spacial score (nSPS) is 15.0. The lowest BCUT2D eigenvalue weighted by Crippen LogP contribution is -2.27. The second kappa shape index (κ2) is 11.4. The highest BCUT2D eigenvalue weighted by Crippen LogP contribution is 2.39. The minimum absolute atomic E-state index is 0.0195. The van der Waals surface area contributed by atoms with Crippen molar-refractivity contribution in [1.29, 1.82) is 0 Å². The summed E-state index contributed by atoms with van der Waals surface area (Å²) in [5.41, 5.74) is 1.38. The van der Waals surface area contributed by atoms with Crippen LogP contribution in [0.4, 0.5) is 4.79 Å². The van der Waals surface area contributed by atoms with E-state index in [1.807, 2.05) is 46.9 Å². The molecule has 1 heterocycles. The van der Waals surface area contributed by atoms with Gasteiger partial charge >= 0.3 is 10.1 Å². The highest BCUT2D eigenvalue weighted by Gasteiger charge is 2.35. The third-order valence-corrected chi connectivity index (χ3v) is 8.73. The molecule has 0 atom stereocenters. The van der Waals surface area contributed by atoms with Crippen LogP contribution in [0, 0.1) is 3.57 Å². The minimum atomic E-state index is -4.08. The Bertz CT molecular complexity index is 1460. The highest BCUT2D eigenvalue weighted by molar-refractivity contribution is 14.1. The summed E-state index contributed by atoms with van der Waals surface area (Å²) in [6.07, 6.45) is 1.59. The molecule has 0 aromatic heterocycles. The molecule has 186 valence electrons. The molecule has 2 amide bonds. The Balaban J connectivity index is 1.63. The van der Waals surface area contributed by atoms with Crippen LogP contribution >= 0.6 is 50.3 Å². The molecule has 1 saturated heterocycles. The van der Waals surface area contributed by atoms with Crippen LogP contribution in [-0.4, -0.2) is 31.1 Å². The van der Waals surface area contributed by atoms with E-state index in [0.717, 1.165) is 21.8 Å². The van der Waals surface area contributed by atoms with Gasteiger partial charge in [0.2, 0.25) is 0 Å². The standard InChI is InChI=1S/C25H19BrINO6S2/c1-2-33-21-13-16(12-20(27)23(21)34-36(31,32)18-9-4-3-5-10-18)14-22-24(29)28(25(30)35-22)15-17-8-6-7-11-19(17)26/h3-14H,2,15H2,1H3/b22-14-. The maximum absolute atomic E-state index is 13.0. The van der Waals surface area contributed by atoms with Crippen LogP contribution in [0.15, 0.2) is 81.0 Å². The van der Waals surface area contributed by atoms with Gasteiger partial charge in [0.15, 0.2) is 11.5 Å². The predicted octanol–water partition coefficient (Wildman–Crippen LogP) is 6.46. The molecule has 0 bridgehead atoms. The zero-order valence-electron chi connectivity index (χ0n) is 18.8. The molecular weight excluding hydrogens is 681 g/mol. The van der Waals surface area contributed by atoms with E-state index in [1.165, 1.54) is 17.0 Å². The van der Waals surface area contributed by atoms with Gasteiger partial charge in [-0.3, -0.25) is 14.5 Å². The number of rotatable bonds is 8. The summed E-state index contributed by atoms with van der Waals surface area (Å²) in [7, 11) is -4.08. The SMILES string of the molecule is CCOc1cc(/C=C2\SC(=O)N(Cc3ccccc3Br)C2=O)cc(I)c1OS(=O)(=O)c1ccccc1. The predicted molar refractivity (Wildman–Crippen MR) is 150 cm³/mol. The van der Waals surface area contributed by atoms with Crippen LogP contribution in [0.25, 0.3) is 6.08 Å². The topological polar surface area (TPSA) is 90.0 Å². The lowest BCUT2D eigenvalue weighted by molar-refractivity contribution is -0.123. The lowest BCUT2D eigenvalue weighted by Gasteiger charge is -2.15. The van der Waals surface area contributed by atoms with Gasteiger partial charge in [-0.25, -0.2) is 0 Å². The third kappa shape index (κ3) is 5.96. The zero-order chi connectivity index (χ0) is 25.9. The monoisotopic (exact) mass is 699 g/mol. The number of ether oxygens (including phenoxy) is 1. The average Bonchev–Trinajstić information content (AvgIpc) is 3.10. The van der Waals surface area contributed by atoms with E-state index in [1.54, 1.807) is 43.3 Å². The second-order valence-corrected chi connectivity index (χ2v) is 12.0. The van der Waals surface area contributed by atoms with E-state index in [9.17, 15) is 18.0 Å². The third-order valence-electron chi connectivity index (χ3n) is 5.01. The number of thioether (sulfide) groups is 1. The smallest absolute Gasteiger partial charge is 0.339 e. The van der Waals surface area contributed by atoms with Crippen LogP contribution in [0.1, 0.15) is 18.1 Å². The molecule has 3 aromatic carbocycles. The van der Waals surface area contributed by atoms with Crippen molar-refractivity contribution in [2.24, 2.45) is 0 Å². The summed E-state index contributed by atoms with van der Waals surface area (Å²) in [5, 5.41) is -0.365. The van der Waals surface area contributed by atoms with E-state index in [0.29, 0.717) is 9.13 Å². The molecule has 0 aliphatic carbocycles. The van der Waals surface area contributed by atoms with Crippen LogP contribution in [-0.2, 0) is 21.5 Å². The van der Waals surface area contributed by atoms with Gasteiger partial charge < -0.3 is 8.92 Å². The van der Waals surface area contributed by atoms with Crippen molar-refractivity contribution in [2.45, 2.75) is 18.4 Å². The van der Waals surface area contributed by atoms with Gasteiger partial charge in [-0.2, -0.15) is 8.42 Å². The summed E-state index contributed by atoms with van der Waals surface area (Å²) in [4.78, 5) is 27.1. The van der Waals surface area contributed by atoms with Crippen molar-refractivity contribution in [2.75, 3.05) is 6.61 Å². The van der Waals surface area contributed by atoms with E-state index >= 15 is 0 Å². The van der Waals surface area contributed by atoms with E-state index in [-0.39, 0.29) is 39.7 Å². The fraction of sp³-hybridized carbons (Fsp3) is 0.120. The lowest BCUT2D eigenvalue weighted by atomic mass is 10.1. The summed E-state index contributed by atoms with van der Waals surface area (Å²) in [6, 6.07) is 18.5. The molecule has 3 aromatic rings. The number of carbonyl (C=O) groups excluding carboxylic acids is 2. The molecular formula is C25H19BrINO6S2. The van der Waals surface area contributed by atoms with E-state index in [4.69, 9.17) is 8.92 Å². The first-order valence-electron chi connectivity index (χ1n) is 10.6. The summed E-state index contributed by atoms with van der Waals surface area (Å²) in [6.45, 7) is 2.18. The number of imide groups is 1. The Kier molecular flexibility index (Phi) is 8.43. The molecule has 1 aliphatic heterocycles. The molecule has 0 saturated carbocycles. The van der Waals surface area contributed by atoms with Crippen molar-refractivity contribution >= 4 is 77.6 Å². The first-order chi connectivity index (χ1) is 17.2. The number of nitrogens with zero attached hydrogens (tertiary/aromatic N) is 1. The fourth-order valence-electron chi connectivity index (χ4n) is 3.34. The average molecular weight is 700 g/mol. The van der Waals surface area contributed by atoms with Crippen molar-refractivity contribution in [3.8, 4) is 11.5 Å². The van der Waals surface area contributed by atoms with Gasteiger partial charge in [-0.05, 0) is 88.8 Å². The first kappa shape index (κ1) is 26.7. The molecule has 0 unspecified atom stereocenters. The van der Waals surface area contributed by atoms with Gasteiger partial charge in [0.1, 0.15) is 4.90 Å². The molecule has 1 aliphatic rings. The number of halogens is 2. The number of carbonyl (C=O) groups is 2. The molecule has 1 fully saturated rings. The molecule has 0 spiro atoms. The van der Waals surface area contributed by atoms with Gasteiger partial charge in [-0.1, -0.05) is 52.3 Å². The summed E-state index contributed by atoms with van der Waals surface area (Å²) < 4.78 is 37.9. The molecule has 0 N–H and O–H groups in total. The zero-order valence-corrected chi connectivity index (χ0v) is 24.2. The van der Waals surface area contributed by atoms with Crippen molar-refractivity contribution in [3.63, 3.8) is 0 Å². The number of amides is 2. The molecule has 0 radical (unpaired) electrons. The van der Waals surface area contributed by atoms with Crippen LogP contribution < -0.4 is 8.92 Å². The maximum atomic E-state index is 13.0. The molecule has 7 nitrogen and oxygen atoms in total. The Hall–Kier alpha value is -2.35. The number of hydrogen-bond donors (Lipinski definition) is 0. The summed E-state index contributed by atoms with van der Waals surface area (Å²) >= 11 is 6.25. The van der Waals surface area contributed by atoms with Crippen LogP contribution in [0.3, 0.4) is 0 Å². The Morgan fingerprint density at radius 2 is 1.75 bits per heavy atom. The quantitative estimate of drug-likeness (QED) is 0.152. The number of hydrogen-bond acceptors (Lipinski definition) is 7. The fourth-order valence-corrected chi connectivity index (χ4v) is 6.46.